The number of amides is 2. The highest BCUT2D eigenvalue weighted by Crippen LogP contribution is 2.15. The first-order valence-electron chi connectivity index (χ1n) is 5.44. The minimum atomic E-state index is -0.216. The van der Waals surface area contributed by atoms with Gasteiger partial charge in [0.1, 0.15) is 0 Å². The first-order chi connectivity index (χ1) is 7.65. The standard InChI is InChI=1S/C10H19N3O3/c1-13-7-8(6-9(13)14)10(15)12-3-5-16-4-2-11/h8H,2-7,11H2,1H3,(H,12,15). The second-order valence-corrected chi connectivity index (χ2v) is 3.87. The fourth-order valence-corrected chi connectivity index (χ4v) is 1.62. The van der Waals surface area contributed by atoms with Gasteiger partial charge in [-0.05, 0) is 0 Å². The Morgan fingerprint density at radius 1 is 1.62 bits per heavy atom. The number of nitrogens with one attached hydrogen (secondary N) is 1. The largest absolute Gasteiger partial charge is 0.378 e. The van der Waals surface area contributed by atoms with E-state index in [0.717, 1.165) is 0 Å². The third-order valence-electron chi connectivity index (χ3n) is 2.52. The first kappa shape index (κ1) is 12.9. The van der Waals surface area contributed by atoms with Gasteiger partial charge in [0.05, 0.1) is 19.1 Å². The minimum absolute atomic E-state index is 0.0273. The highest BCUT2D eigenvalue weighted by Gasteiger charge is 2.31. The van der Waals surface area contributed by atoms with Crippen LogP contribution in [0.3, 0.4) is 0 Å². The number of likely N-dealkylation sites (tertiary alicyclic amines) is 1. The second kappa shape index (κ2) is 6.44. The molecule has 6 heteroatoms. The van der Waals surface area contributed by atoms with Gasteiger partial charge in [-0.25, -0.2) is 0 Å². The van der Waals surface area contributed by atoms with Gasteiger partial charge in [0.2, 0.25) is 11.8 Å². The molecular weight excluding hydrogens is 210 g/mol. The number of ether oxygens (including phenoxy) is 1. The fourth-order valence-electron chi connectivity index (χ4n) is 1.62. The van der Waals surface area contributed by atoms with Crippen LogP contribution in [0, 0.1) is 5.92 Å². The van der Waals surface area contributed by atoms with Crippen LogP contribution in [-0.4, -0.2) is 56.6 Å². The molecule has 1 aliphatic heterocycles. The molecule has 0 aromatic carbocycles. The zero-order chi connectivity index (χ0) is 12.0. The molecule has 6 nitrogen and oxygen atoms in total. The molecule has 0 radical (unpaired) electrons. The van der Waals surface area contributed by atoms with Crippen molar-refractivity contribution in [3.05, 3.63) is 0 Å². The lowest BCUT2D eigenvalue weighted by Gasteiger charge is -2.10. The Morgan fingerprint density at radius 2 is 2.38 bits per heavy atom. The summed E-state index contributed by atoms with van der Waals surface area (Å²) in [7, 11) is 1.71. The normalized spacial score (nSPS) is 20.2. The first-order valence-corrected chi connectivity index (χ1v) is 5.44. The van der Waals surface area contributed by atoms with Crippen molar-refractivity contribution in [2.45, 2.75) is 6.42 Å². The van der Waals surface area contributed by atoms with Crippen molar-refractivity contribution in [2.24, 2.45) is 11.7 Å². The number of nitrogens with two attached hydrogens (primary N) is 1. The van der Waals surface area contributed by atoms with Crippen molar-refractivity contribution in [3.8, 4) is 0 Å². The summed E-state index contributed by atoms with van der Waals surface area (Å²) in [6.45, 7) is 2.41. The van der Waals surface area contributed by atoms with E-state index in [1.54, 1.807) is 11.9 Å². The molecular formula is C10H19N3O3. The Hall–Kier alpha value is -1.14. The molecule has 0 aromatic heterocycles. The van der Waals surface area contributed by atoms with Gasteiger partial charge in [0.15, 0.2) is 0 Å². The molecule has 1 fully saturated rings. The Labute approximate surface area is 95.1 Å². The number of hydrogen-bond donors (Lipinski definition) is 2. The van der Waals surface area contributed by atoms with Crippen LogP contribution in [0.2, 0.25) is 0 Å². The number of carbonyl (C=O) groups excluding carboxylic acids is 2. The monoisotopic (exact) mass is 229 g/mol. The van der Waals surface area contributed by atoms with Crippen molar-refractivity contribution in [3.63, 3.8) is 0 Å². The van der Waals surface area contributed by atoms with E-state index in [0.29, 0.717) is 39.3 Å². The molecule has 1 rings (SSSR count). The minimum Gasteiger partial charge on any atom is -0.378 e. The average Bonchev–Trinajstić information content (AvgIpc) is 2.59. The van der Waals surface area contributed by atoms with E-state index in [2.05, 4.69) is 5.32 Å². The van der Waals surface area contributed by atoms with Crippen molar-refractivity contribution < 1.29 is 14.3 Å². The molecule has 92 valence electrons. The Kier molecular flexibility index (Phi) is 5.21. The molecule has 0 aliphatic carbocycles. The van der Waals surface area contributed by atoms with Crippen LogP contribution < -0.4 is 11.1 Å². The summed E-state index contributed by atoms with van der Waals surface area (Å²) >= 11 is 0. The number of hydrogen-bond acceptors (Lipinski definition) is 4. The van der Waals surface area contributed by atoms with Crippen LogP contribution in [0.5, 0.6) is 0 Å². The second-order valence-electron chi connectivity index (χ2n) is 3.87. The predicted molar refractivity (Wildman–Crippen MR) is 58.6 cm³/mol. The topological polar surface area (TPSA) is 84.7 Å². The smallest absolute Gasteiger partial charge is 0.225 e. The van der Waals surface area contributed by atoms with Crippen molar-refractivity contribution in [2.75, 3.05) is 39.9 Å². The van der Waals surface area contributed by atoms with Crippen LogP contribution in [-0.2, 0) is 14.3 Å². The van der Waals surface area contributed by atoms with Crippen molar-refractivity contribution >= 4 is 11.8 Å². The molecule has 16 heavy (non-hydrogen) atoms. The maximum atomic E-state index is 11.6. The molecule has 2 amide bonds. The molecule has 0 bridgehead atoms. The summed E-state index contributed by atoms with van der Waals surface area (Å²) in [6.07, 6.45) is 0.311. The van der Waals surface area contributed by atoms with E-state index in [4.69, 9.17) is 10.5 Å². The summed E-state index contributed by atoms with van der Waals surface area (Å²) in [5.74, 6) is -0.263. The third-order valence-corrected chi connectivity index (χ3v) is 2.52. The zero-order valence-corrected chi connectivity index (χ0v) is 9.57. The molecule has 1 saturated heterocycles. The van der Waals surface area contributed by atoms with Crippen LogP contribution in [0.15, 0.2) is 0 Å². The van der Waals surface area contributed by atoms with Crippen LogP contribution >= 0.6 is 0 Å². The number of nitrogens with zero attached hydrogens (tertiary/aromatic N) is 1. The summed E-state index contributed by atoms with van der Waals surface area (Å²) in [6, 6.07) is 0. The van der Waals surface area contributed by atoms with Crippen molar-refractivity contribution in [1.29, 1.82) is 0 Å². The SMILES string of the molecule is CN1CC(C(=O)NCCOCCN)CC1=O. The molecule has 0 aromatic rings. The lowest BCUT2D eigenvalue weighted by molar-refractivity contribution is -0.128. The van der Waals surface area contributed by atoms with Gasteiger partial charge in [-0.15, -0.1) is 0 Å². The Morgan fingerprint density at radius 3 is 2.94 bits per heavy atom. The summed E-state index contributed by atoms with van der Waals surface area (Å²) in [5.41, 5.74) is 5.25. The molecule has 0 saturated carbocycles. The number of rotatable bonds is 6. The molecule has 0 spiro atoms. The van der Waals surface area contributed by atoms with Gasteiger partial charge >= 0.3 is 0 Å². The molecule has 3 N–H and O–H groups in total. The Bertz CT molecular complexity index is 258. The predicted octanol–water partition coefficient (Wildman–Crippen LogP) is -1.44. The molecule has 1 unspecified atom stereocenters. The average molecular weight is 229 g/mol. The van der Waals surface area contributed by atoms with E-state index in [-0.39, 0.29) is 17.7 Å². The lowest BCUT2D eigenvalue weighted by atomic mass is 10.1. The fraction of sp³-hybridized carbons (Fsp3) is 0.800. The summed E-state index contributed by atoms with van der Waals surface area (Å²) < 4.78 is 5.12. The highest BCUT2D eigenvalue weighted by molar-refractivity contribution is 5.89. The van der Waals surface area contributed by atoms with Crippen molar-refractivity contribution in [1.82, 2.24) is 10.2 Å². The lowest BCUT2D eigenvalue weighted by Crippen LogP contribution is -2.34. The van der Waals surface area contributed by atoms with E-state index >= 15 is 0 Å². The summed E-state index contributed by atoms with van der Waals surface area (Å²) in [4.78, 5) is 24.4. The highest BCUT2D eigenvalue weighted by atomic mass is 16.5. The molecule has 1 atom stereocenters. The Balaban J connectivity index is 2.14. The summed E-state index contributed by atoms with van der Waals surface area (Å²) in [5, 5.41) is 2.74. The van der Waals surface area contributed by atoms with Gasteiger partial charge in [-0.1, -0.05) is 0 Å². The van der Waals surface area contributed by atoms with Gasteiger partial charge in [-0.2, -0.15) is 0 Å². The zero-order valence-electron chi connectivity index (χ0n) is 9.57. The number of carbonyl (C=O) groups is 2. The van der Waals surface area contributed by atoms with E-state index < -0.39 is 0 Å². The van der Waals surface area contributed by atoms with Crippen LogP contribution in [0.1, 0.15) is 6.42 Å². The molecule has 1 aliphatic rings. The van der Waals surface area contributed by atoms with Crippen LogP contribution in [0.25, 0.3) is 0 Å². The van der Waals surface area contributed by atoms with E-state index in [9.17, 15) is 9.59 Å². The maximum absolute atomic E-state index is 11.6. The van der Waals surface area contributed by atoms with Gasteiger partial charge in [0, 0.05) is 33.1 Å². The van der Waals surface area contributed by atoms with Gasteiger partial charge in [0.25, 0.3) is 0 Å². The molecule has 1 heterocycles. The van der Waals surface area contributed by atoms with E-state index in [1.165, 1.54) is 0 Å². The quantitative estimate of drug-likeness (QED) is 0.546. The van der Waals surface area contributed by atoms with Gasteiger partial charge in [-0.3, -0.25) is 9.59 Å². The van der Waals surface area contributed by atoms with E-state index in [1.807, 2.05) is 0 Å². The van der Waals surface area contributed by atoms with Gasteiger partial charge < -0.3 is 20.7 Å². The third kappa shape index (κ3) is 3.79. The van der Waals surface area contributed by atoms with Crippen LogP contribution in [0.4, 0.5) is 0 Å². The maximum Gasteiger partial charge on any atom is 0.225 e.